The summed E-state index contributed by atoms with van der Waals surface area (Å²) in [7, 11) is 0. The molecule has 0 atom stereocenters. The van der Waals surface area contributed by atoms with Crippen LogP contribution in [0.25, 0.3) is 76.1 Å². The highest BCUT2D eigenvalue weighted by molar-refractivity contribution is 6.23. The number of nitrogens with zero attached hydrogens (tertiary/aromatic N) is 1. The number of rotatable bonds is 5. The van der Waals surface area contributed by atoms with Crippen molar-refractivity contribution < 1.29 is 0 Å². The molecule has 0 spiro atoms. The van der Waals surface area contributed by atoms with Crippen LogP contribution in [0.2, 0.25) is 0 Å². The van der Waals surface area contributed by atoms with Crippen LogP contribution in [-0.4, -0.2) is 0 Å². The van der Waals surface area contributed by atoms with E-state index in [-0.39, 0.29) is 0 Å². The van der Waals surface area contributed by atoms with Crippen molar-refractivity contribution in [2.75, 3.05) is 4.90 Å². The minimum absolute atomic E-state index is 1.11. The topological polar surface area (TPSA) is 3.24 Å². The number of hydrogen-bond acceptors (Lipinski definition) is 1. The van der Waals surface area contributed by atoms with Gasteiger partial charge in [0.25, 0.3) is 0 Å². The van der Waals surface area contributed by atoms with Crippen LogP contribution in [0.1, 0.15) is 0 Å². The highest BCUT2D eigenvalue weighted by atomic mass is 15.1. The molecule has 10 aromatic rings. The third-order valence-corrected chi connectivity index (χ3v) is 10.4. The molecule has 0 aromatic heterocycles. The fourth-order valence-corrected chi connectivity index (χ4v) is 8.06. The van der Waals surface area contributed by atoms with E-state index in [0.29, 0.717) is 0 Å². The summed E-state index contributed by atoms with van der Waals surface area (Å²) in [5, 5.41) is 12.6. The fourth-order valence-electron chi connectivity index (χ4n) is 8.06. The van der Waals surface area contributed by atoms with E-state index >= 15 is 0 Å². The first-order valence-electron chi connectivity index (χ1n) is 17.6. The maximum atomic E-state index is 2.45. The molecule has 238 valence electrons. The molecule has 0 fully saturated rings. The zero-order valence-electron chi connectivity index (χ0n) is 28.0. The average Bonchev–Trinajstić information content (AvgIpc) is 3.21. The van der Waals surface area contributed by atoms with Gasteiger partial charge in [-0.2, -0.15) is 0 Å². The first-order chi connectivity index (χ1) is 25.3. The zero-order chi connectivity index (χ0) is 33.7. The number of para-hydroxylation sites is 1. The van der Waals surface area contributed by atoms with Crippen LogP contribution >= 0.6 is 0 Å². The molecule has 10 aromatic carbocycles. The molecule has 0 amide bonds. The maximum Gasteiger partial charge on any atom is 0.0546 e. The molecule has 1 heteroatoms. The van der Waals surface area contributed by atoms with E-state index in [0.717, 1.165) is 17.1 Å². The van der Waals surface area contributed by atoms with Crippen molar-refractivity contribution in [3.05, 3.63) is 200 Å². The quantitative estimate of drug-likeness (QED) is 0.168. The van der Waals surface area contributed by atoms with E-state index in [9.17, 15) is 0 Å². The second-order valence-electron chi connectivity index (χ2n) is 13.3. The van der Waals surface area contributed by atoms with Gasteiger partial charge in [-0.05, 0) is 95.5 Å². The Morgan fingerprint density at radius 1 is 0.275 bits per heavy atom. The zero-order valence-corrected chi connectivity index (χ0v) is 28.0. The lowest BCUT2D eigenvalue weighted by Crippen LogP contribution is -2.12. The molecule has 0 saturated carbocycles. The van der Waals surface area contributed by atoms with Gasteiger partial charge in [0.05, 0.1) is 11.4 Å². The monoisotopic (exact) mass is 647 g/mol. The van der Waals surface area contributed by atoms with Crippen LogP contribution in [0.4, 0.5) is 17.1 Å². The third-order valence-electron chi connectivity index (χ3n) is 10.4. The van der Waals surface area contributed by atoms with Crippen LogP contribution in [0.5, 0.6) is 0 Å². The predicted molar refractivity (Wildman–Crippen MR) is 220 cm³/mol. The van der Waals surface area contributed by atoms with Crippen molar-refractivity contribution in [3.63, 3.8) is 0 Å². The lowest BCUT2D eigenvalue weighted by Gasteiger charge is -2.30. The number of anilines is 3. The summed E-state index contributed by atoms with van der Waals surface area (Å²) in [4.78, 5) is 2.45. The molecular weight excluding hydrogens is 615 g/mol. The maximum absolute atomic E-state index is 2.45. The first-order valence-corrected chi connectivity index (χ1v) is 17.6. The minimum Gasteiger partial charge on any atom is -0.309 e. The summed E-state index contributed by atoms with van der Waals surface area (Å²) in [6.45, 7) is 0. The summed E-state index contributed by atoms with van der Waals surface area (Å²) in [5.74, 6) is 0. The van der Waals surface area contributed by atoms with Crippen molar-refractivity contribution >= 4 is 70.9 Å². The van der Waals surface area contributed by atoms with E-state index in [1.165, 1.54) is 76.1 Å². The van der Waals surface area contributed by atoms with Crippen LogP contribution < -0.4 is 4.90 Å². The summed E-state index contributed by atoms with van der Waals surface area (Å²) in [6, 6.07) is 73.1. The Bertz CT molecular complexity index is 2900. The molecule has 0 N–H and O–H groups in total. The Morgan fingerprint density at radius 2 is 0.824 bits per heavy atom. The molecule has 0 heterocycles. The average molecular weight is 648 g/mol. The highest BCUT2D eigenvalue weighted by Gasteiger charge is 2.21. The number of fused-ring (bicyclic) bond motifs is 8. The summed E-state index contributed by atoms with van der Waals surface area (Å²) >= 11 is 0. The number of hydrogen-bond donors (Lipinski definition) is 0. The van der Waals surface area contributed by atoms with Gasteiger partial charge in [0.1, 0.15) is 0 Å². The Balaban J connectivity index is 1.23. The van der Waals surface area contributed by atoms with E-state index in [1.807, 2.05) is 0 Å². The second-order valence-corrected chi connectivity index (χ2v) is 13.3. The molecule has 0 aliphatic rings. The SMILES string of the molecule is c1ccc(-c2ccccc2N(c2ccc(-c3cc4ccccc4c4ccc5ccccc5c34)cc2)c2cc3ccccc3c3ccccc23)cc1. The van der Waals surface area contributed by atoms with Gasteiger partial charge < -0.3 is 4.90 Å². The molecule has 0 unspecified atom stereocenters. The molecule has 0 bridgehead atoms. The van der Waals surface area contributed by atoms with Crippen LogP contribution in [-0.2, 0) is 0 Å². The largest absolute Gasteiger partial charge is 0.309 e. The summed E-state index contributed by atoms with van der Waals surface area (Å²) in [5.41, 5.74) is 8.23. The van der Waals surface area contributed by atoms with E-state index in [4.69, 9.17) is 0 Å². The molecule has 0 aliphatic heterocycles. The first kappa shape index (κ1) is 29.2. The Hall–Kier alpha value is -6.70. The second kappa shape index (κ2) is 12.0. The Morgan fingerprint density at radius 3 is 1.59 bits per heavy atom. The van der Waals surface area contributed by atoms with Crippen molar-refractivity contribution in [2.24, 2.45) is 0 Å². The van der Waals surface area contributed by atoms with Gasteiger partial charge in [-0.25, -0.2) is 0 Å². The molecule has 0 saturated heterocycles. The van der Waals surface area contributed by atoms with E-state index in [2.05, 4.69) is 205 Å². The van der Waals surface area contributed by atoms with Crippen molar-refractivity contribution in [1.82, 2.24) is 0 Å². The molecule has 51 heavy (non-hydrogen) atoms. The van der Waals surface area contributed by atoms with Crippen molar-refractivity contribution in [3.8, 4) is 22.3 Å². The Labute approximate surface area is 297 Å². The smallest absolute Gasteiger partial charge is 0.0546 e. The molecule has 1 nitrogen and oxygen atoms in total. The van der Waals surface area contributed by atoms with Crippen LogP contribution in [0.3, 0.4) is 0 Å². The molecule has 0 aliphatic carbocycles. The van der Waals surface area contributed by atoms with Gasteiger partial charge >= 0.3 is 0 Å². The summed E-state index contributed by atoms with van der Waals surface area (Å²) in [6.07, 6.45) is 0. The standard InChI is InChI=1S/C50H33N/c1-2-14-34(15-3-1)42-21-12-13-25-48(42)51(49-33-38-18-6-7-19-40(38)44-23-10-11-24-45(44)49)39-29-26-36(27-30-39)47-32-37-17-5-8-20-41(37)46-31-28-35-16-4-9-22-43(35)50(46)47/h1-33H. The fraction of sp³-hybridized carbons (Fsp3) is 0. The van der Waals surface area contributed by atoms with Crippen molar-refractivity contribution in [2.45, 2.75) is 0 Å². The normalized spacial score (nSPS) is 11.5. The number of benzene rings is 10. The van der Waals surface area contributed by atoms with E-state index < -0.39 is 0 Å². The third kappa shape index (κ3) is 4.86. The molecular formula is C50H33N. The Kier molecular flexibility index (Phi) is 6.89. The van der Waals surface area contributed by atoms with Gasteiger partial charge in [0.2, 0.25) is 0 Å². The lowest BCUT2D eigenvalue weighted by molar-refractivity contribution is 1.30. The van der Waals surface area contributed by atoms with Crippen molar-refractivity contribution in [1.29, 1.82) is 0 Å². The lowest BCUT2D eigenvalue weighted by atomic mass is 9.90. The van der Waals surface area contributed by atoms with Gasteiger partial charge in [0.15, 0.2) is 0 Å². The van der Waals surface area contributed by atoms with Gasteiger partial charge in [-0.1, -0.05) is 170 Å². The van der Waals surface area contributed by atoms with Crippen LogP contribution in [0, 0.1) is 0 Å². The minimum atomic E-state index is 1.11. The van der Waals surface area contributed by atoms with Gasteiger partial charge in [-0.3, -0.25) is 0 Å². The predicted octanol–water partition coefficient (Wildman–Crippen LogP) is 14.3. The van der Waals surface area contributed by atoms with Gasteiger partial charge in [0, 0.05) is 16.6 Å². The summed E-state index contributed by atoms with van der Waals surface area (Å²) < 4.78 is 0. The molecule has 10 rings (SSSR count). The molecule has 0 radical (unpaired) electrons. The van der Waals surface area contributed by atoms with E-state index in [1.54, 1.807) is 0 Å². The highest BCUT2D eigenvalue weighted by Crippen LogP contribution is 2.46. The van der Waals surface area contributed by atoms with Gasteiger partial charge in [-0.15, -0.1) is 0 Å². The van der Waals surface area contributed by atoms with Crippen LogP contribution in [0.15, 0.2) is 200 Å².